The Hall–Kier alpha value is -6.22. The second kappa shape index (κ2) is 13.5. The predicted octanol–water partition coefficient (Wildman–Crippen LogP) is 16.1. The average Bonchev–Trinajstić information content (AvgIpc) is 3.72. The minimum Gasteiger partial charge on any atom is -0.310 e. The molecule has 0 unspecified atom stereocenters. The van der Waals surface area contributed by atoms with Crippen LogP contribution in [0.25, 0.3) is 64.7 Å². The molecule has 9 aromatic rings. The van der Waals surface area contributed by atoms with Crippen molar-refractivity contribution >= 4 is 48.6 Å². The van der Waals surface area contributed by atoms with E-state index in [1.54, 1.807) is 0 Å². The molecule has 10 rings (SSSR count). The first kappa shape index (κ1) is 35.2. The molecule has 1 nitrogen and oxygen atoms in total. The van der Waals surface area contributed by atoms with Crippen molar-refractivity contribution in [2.75, 3.05) is 4.90 Å². The molecule has 0 spiro atoms. The Morgan fingerprint density at radius 3 is 1.72 bits per heavy atom. The van der Waals surface area contributed by atoms with E-state index in [-0.39, 0.29) is 10.8 Å². The molecular formula is C55H45NS. The van der Waals surface area contributed by atoms with E-state index in [2.05, 4.69) is 222 Å². The quantitative estimate of drug-likeness (QED) is 0.164. The summed E-state index contributed by atoms with van der Waals surface area (Å²) in [4.78, 5) is 2.48. The van der Waals surface area contributed by atoms with Crippen molar-refractivity contribution < 1.29 is 0 Å². The molecule has 0 saturated heterocycles. The summed E-state index contributed by atoms with van der Waals surface area (Å²) >= 11 is 1.87. The third-order valence-corrected chi connectivity index (χ3v) is 13.2. The lowest BCUT2D eigenvalue weighted by molar-refractivity contribution is 0.591. The lowest BCUT2D eigenvalue weighted by Gasteiger charge is -2.33. The number of benzene rings is 8. The van der Waals surface area contributed by atoms with E-state index >= 15 is 0 Å². The zero-order valence-corrected chi connectivity index (χ0v) is 34.0. The molecule has 0 saturated carbocycles. The molecule has 0 N–H and O–H groups in total. The van der Waals surface area contributed by atoms with E-state index in [1.807, 2.05) is 11.3 Å². The van der Waals surface area contributed by atoms with E-state index in [4.69, 9.17) is 0 Å². The molecular weight excluding hydrogens is 707 g/mol. The van der Waals surface area contributed by atoms with Crippen molar-refractivity contribution in [3.63, 3.8) is 0 Å². The SMILES string of the molecule is CC(C)(C)c1cc(-c2ccc(-c3ccc4c(c3)sc3ccccc34)cc2)ccc1N(c1ccc(-c2ccccc2)cc1)c1ccc2c(c1)C(C)(C)c1ccccc1-2. The van der Waals surface area contributed by atoms with E-state index in [0.29, 0.717) is 0 Å². The van der Waals surface area contributed by atoms with Crippen LogP contribution in [-0.4, -0.2) is 0 Å². The van der Waals surface area contributed by atoms with Gasteiger partial charge >= 0.3 is 0 Å². The Kier molecular flexibility index (Phi) is 8.32. The van der Waals surface area contributed by atoms with Crippen molar-refractivity contribution in [3.05, 3.63) is 199 Å². The van der Waals surface area contributed by atoms with E-state index in [1.165, 1.54) is 92.7 Å². The Bertz CT molecular complexity index is 2940. The fourth-order valence-electron chi connectivity index (χ4n) is 8.96. The van der Waals surface area contributed by atoms with Crippen LogP contribution in [0.15, 0.2) is 182 Å². The maximum absolute atomic E-state index is 2.48. The largest absolute Gasteiger partial charge is 0.310 e. The van der Waals surface area contributed by atoms with Gasteiger partial charge in [0, 0.05) is 42.6 Å². The molecule has 0 radical (unpaired) electrons. The molecule has 0 atom stereocenters. The summed E-state index contributed by atoms with van der Waals surface area (Å²) < 4.78 is 2.67. The molecule has 0 amide bonds. The number of hydrogen-bond donors (Lipinski definition) is 0. The van der Waals surface area contributed by atoms with Gasteiger partial charge < -0.3 is 4.90 Å². The molecule has 1 aromatic heterocycles. The van der Waals surface area contributed by atoms with Gasteiger partial charge in [-0.25, -0.2) is 0 Å². The number of rotatable bonds is 6. The fourth-order valence-corrected chi connectivity index (χ4v) is 10.1. The van der Waals surface area contributed by atoms with E-state index in [0.717, 1.165) is 5.69 Å². The maximum atomic E-state index is 2.48. The lowest BCUT2D eigenvalue weighted by atomic mass is 9.82. The van der Waals surface area contributed by atoms with Crippen LogP contribution < -0.4 is 4.90 Å². The Morgan fingerprint density at radius 1 is 0.421 bits per heavy atom. The minimum atomic E-state index is -0.126. The monoisotopic (exact) mass is 751 g/mol. The predicted molar refractivity (Wildman–Crippen MR) is 247 cm³/mol. The topological polar surface area (TPSA) is 3.24 Å². The number of thiophene rings is 1. The van der Waals surface area contributed by atoms with Crippen LogP contribution >= 0.6 is 11.3 Å². The van der Waals surface area contributed by atoms with Crippen LogP contribution in [0.1, 0.15) is 51.3 Å². The Labute approximate surface area is 340 Å². The summed E-state index contributed by atoms with van der Waals surface area (Å²) in [7, 11) is 0. The first-order valence-electron chi connectivity index (χ1n) is 20.0. The first-order chi connectivity index (χ1) is 27.6. The van der Waals surface area contributed by atoms with Crippen LogP contribution in [0.2, 0.25) is 0 Å². The lowest BCUT2D eigenvalue weighted by Crippen LogP contribution is -2.20. The molecule has 0 aliphatic heterocycles. The highest BCUT2D eigenvalue weighted by Crippen LogP contribution is 2.51. The summed E-state index contributed by atoms with van der Waals surface area (Å²) in [6, 6.07) is 67.5. The van der Waals surface area contributed by atoms with Gasteiger partial charge in [0.25, 0.3) is 0 Å². The molecule has 1 aliphatic rings. The normalized spacial score (nSPS) is 13.1. The second-order valence-corrected chi connectivity index (χ2v) is 18.1. The van der Waals surface area contributed by atoms with Gasteiger partial charge in [0.15, 0.2) is 0 Å². The van der Waals surface area contributed by atoms with Gasteiger partial charge in [0.2, 0.25) is 0 Å². The number of anilines is 3. The fraction of sp³-hybridized carbons (Fsp3) is 0.127. The highest BCUT2D eigenvalue weighted by Gasteiger charge is 2.36. The molecule has 1 aliphatic carbocycles. The molecule has 0 fully saturated rings. The zero-order chi connectivity index (χ0) is 38.9. The van der Waals surface area contributed by atoms with Crippen LogP contribution in [-0.2, 0) is 10.8 Å². The van der Waals surface area contributed by atoms with Gasteiger partial charge in [-0.05, 0) is 115 Å². The van der Waals surface area contributed by atoms with E-state index in [9.17, 15) is 0 Å². The van der Waals surface area contributed by atoms with Crippen LogP contribution in [0.3, 0.4) is 0 Å². The maximum Gasteiger partial charge on any atom is 0.0499 e. The molecule has 1 heterocycles. The van der Waals surface area contributed by atoms with Crippen molar-refractivity contribution in [1.29, 1.82) is 0 Å². The van der Waals surface area contributed by atoms with Crippen molar-refractivity contribution in [2.24, 2.45) is 0 Å². The van der Waals surface area contributed by atoms with Crippen molar-refractivity contribution in [3.8, 4) is 44.5 Å². The van der Waals surface area contributed by atoms with Gasteiger partial charge in [-0.2, -0.15) is 0 Å². The third kappa shape index (κ3) is 6.07. The van der Waals surface area contributed by atoms with Crippen LogP contribution in [0.5, 0.6) is 0 Å². The van der Waals surface area contributed by atoms with Gasteiger partial charge in [0.1, 0.15) is 0 Å². The summed E-state index contributed by atoms with van der Waals surface area (Å²) in [6.45, 7) is 11.7. The highest BCUT2D eigenvalue weighted by atomic mass is 32.1. The van der Waals surface area contributed by atoms with Gasteiger partial charge in [-0.15, -0.1) is 11.3 Å². The molecule has 8 aromatic carbocycles. The molecule has 0 bridgehead atoms. The van der Waals surface area contributed by atoms with Gasteiger partial charge in [0.05, 0.1) is 0 Å². The molecule has 276 valence electrons. The average molecular weight is 752 g/mol. The Balaban J connectivity index is 1.06. The third-order valence-electron chi connectivity index (χ3n) is 12.0. The number of fused-ring (bicyclic) bond motifs is 6. The summed E-state index contributed by atoms with van der Waals surface area (Å²) in [5, 5.41) is 2.67. The summed E-state index contributed by atoms with van der Waals surface area (Å²) in [5.41, 5.74) is 17.4. The Morgan fingerprint density at radius 2 is 0.965 bits per heavy atom. The summed E-state index contributed by atoms with van der Waals surface area (Å²) in [5.74, 6) is 0. The van der Waals surface area contributed by atoms with Gasteiger partial charge in [-0.1, -0.05) is 168 Å². The van der Waals surface area contributed by atoms with E-state index < -0.39 is 0 Å². The first-order valence-corrected chi connectivity index (χ1v) is 20.8. The van der Waals surface area contributed by atoms with Gasteiger partial charge in [-0.3, -0.25) is 0 Å². The number of hydrogen-bond acceptors (Lipinski definition) is 2. The number of nitrogens with zero attached hydrogens (tertiary/aromatic N) is 1. The highest BCUT2D eigenvalue weighted by molar-refractivity contribution is 7.25. The zero-order valence-electron chi connectivity index (χ0n) is 33.2. The minimum absolute atomic E-state index is 0.0999. The smallest absolute Gasteiger partial charge is 0.0499 e. The van der Waals surface area contributed by atoms with Crippen molar-refractivity contribution in [1.82, 2.24) is 0 Å². The standard InChI is InChI=1S/C55H45NS/c1-54(2,3)50-33-40(38-19-21-39(22-20-38)41-25-30-47-46-16-10-12-18-52(46)57-53(47)34-41)26-32-51(50)56(42-27-23-37(24-28-42)36-13-7-6-8-14-36)43-29-31-45-44-15-9-11-17-48(44)55(4,5)49(45)35-43/h6-35H,1-5H3. The van der Waals surface area contributed by atoms with Crippen LogP contribution in [0, 0.1) is 0 Å². The second-order valence-electron chi connectivity index (χ2n) is 17.0. The molecule has 2 heteroatoms. The van der Waals surface area contributed by atoms with Crippen LogP contribution in [0.4, 0.5) is 17.1 Å². The van der Waals surface area contributed by atoms with Crippen molar-refractivity contribution in [2.45, 2.75) is 45.4 Å². The molecule has 57 heavy (non-hydrogen) atoms. The summed E-state index contributed by atoms with van der Waals surface area (Å²) in [6.07, 6.45) is 0.